The third kappa shape index (κ3) is 3.27. The zero-order chi connectivity index (χ0) is 17.1. The van der Waals surface area contributed by atoms with Crippen molar-refractivity contribution in [2.24, 2.45) is 0 Å². The van der Waals surface area contributed by atoms with Gasteiger partial charge in [0.05, 0.1) is 18.8 Å². The summed E-state index contributed by atoms with van der Waals surface area (Å²) in [4.78, 5) is 27.7. The summed E-state index contributed by atoms with van der Waals surface area (Å²) in [5.41, 5.74) is 0.744. The van der Waals surface area contributed by atoms with Gasteiger partial charge in [-0.2, -0.15) is 5.10 Å². The van der Waals surface area contributed by atoms with Crippen LogP contribution in [0.15, 0.2) is 6.07 Å². The van der Waals surface area contributed by atoms with E-state index in [1.54, 1.807) is 20.8 Å². The standard InChI is InChI=1S/C14H16ClN3O5/c1-4-22-13(20)8-6-9-16-7(3)10(12(15)18(9)17-8)11(19)14(21)23-5-2/h6,11,19H,4-5H2,1-3H3. The lowest BCUT2D eigenvalue weighted by molar-refractivity contribution is -0.153. The highest BCUT2D eigenvalue weighted by molar-refractivity contribution is 6.30. The van der Waals surface area contributed by atoms with Crippen LogP contribution in [0.1, 0.15) is 41.7 Å². The second kappa shape index (κ2) is 6.93. The van der Waals surface area contributed by atoms with Gasteiger partial charge in [-0.25, -0.2) is 19.1 Å². The first-order chi connectivity index (χ1) is 10.9. The number of nitrogens with zero attached hydrogens (tertiary/aromatic N) is 3. The minimum atomic E-state index is -1.59. The van der Waals surface area contributed by atoms with Crippen LogP contribution in [-0.2, 0) is 14.3 Å². The van der Waals surface area contributed by atoms with Gasteiger partial charge in [0.2, 0.25) is 0 Å². The Morgan fingerprint density at radius 1 is 1.35 bits per heavy atom. The summed E-state index contributed by atoms with van der Waals surface area (Å²) in [6.07, 6.45) is -1.59. The zero-order valence-electron chi connectivity index (χ0n) is 12.9. The predicted molar refractivity (Wildman–Crippen MR) is 80.3 cm³/mol. The molecule has 0 aliphatic heterocycles. The van der Waals surface area contributed by atoms with Crippen molar-refractivity contribution in [3.05, 3.63) is 28.2 Å². The number of carbonyl (C=O) groups excluding carboxylic acids is 2. The Morgan fingerprint density at radius 2 is 2.00 bits per heavy atom. The number of hydrogen-bond acceptors (Lipinski definition) is 7. The van der Waals surface area contributed by atoms with Crippen LogP contribution < -0.4 is 0 Å². The second-order valence-electron chi connectivity index (χ2n) is 4.58. The van der Waals surface area contributed by atoms with E-state index in [2.05, 4.69) is 10.1 Å². The molecule has 2 aromatic rings. The van der Waals surface area contributed by atoms with Crippen LogP contribution in [-0.4, -0.2) is 44.9 Å². The minimum Gasteiger partial charge on any atom is -0.464 e. The lowest BCUT2D eigenvalue weighted by Crippen LogP contribution is -2.18. The van der Waals surface area contributed by atoms with Crippen LogP contribution in [0.5, 0.6) is 0 Å². The van der Waals surface area contributed by atoms with Crippen molar-refractivity contribution in [2.75, 3.05) is 13.2 Å². The summed E-state index contributed by atoms with van der Waals surface area (Å²) < 4.78 is 10.8. The molecular weight excluding hydrogens is 326 g/mol. The van der Waals surface area contributed by atoms with E-state index in [4.69, 9.17) is 21.1 Å². The largest absolute Gasteiger partial charge is 0.464 e. The Bertz CT molecular complexity index is 758. The molecule has 8 nitrogen and oxygen atoms in total. The second-order valence-corrected chi connectivity index (χ2v) is 4.93. The van der Waals surface area contributed by atoms with E-state index in [1.807, 2.05) is 0 Å². The van der Waals surface area contributed by atoms with Crippen LogP contribution in [0.3, 0.4) is 0 Å². The van der Waals surface area contributed by atoms with Crippen LogP contribution >= 0.6 is 11.6 Å². The summed E-state index contributed by atoms with van der Waals surface area (Å²) in [7, 11) is 0. The molecule has 0 saturated heterocycles. The highest BCUT2D eigenvalue weighted by Crippen LogP contribution is 2.27. The van der Waals surface area contributed by atoms with E-state index in [0.29, 0.717) is 11.3 Å². The molecular formula is C14H16ClN3O5. The Labute approximate surface area is 137 Å². The van der Waals surface area contributed by atoms with Gasteiger partial charge in [-0.3, -0.25) is 0 Å². The smallest absolute Gasteiger partial charge is 0.358 e. The van der Waals surface area contributed by atoms with Crippen molar-refractivity contribution < 1.29 is 24.2 Å². The quantitative estimate of drug-likeness (QED) is 0.648. The monoisotopic (exact) mass is 341 g/mol. The maximum atomic E-state index is 11.7. The molecule has 1 unspecified atom stereocenters. The summed E-state index contributed by atoms with van der Waals surface area (Å²) in [6, 6.07) is 1.41. The third-order valence-corrected chi connectivity index (χ3v) is 3.40. The van der Waals surface area contributed by atoms with Crippen LogP contribution in [0.2, 0.25) is 5.15 Å². The fourth-order valence-electron chi connectivity index (χ4n) is 2.05. The van der Waals surface area contributed by atoms with Crippen LogP contribution in [0.4, 0.5) is 0 Å². The Kier molecular flexibility index (Phi) is 5.17. The van der Waals surface area contributed by atoms with E-state index in [9.17, 15) is 14.7 Å². The topological polar surface area (TPSA) is 103 Å². The van der Waals surface area contributed by atoms with Crippen molar-refractivity contribution in [3.63, 3.8) is 0 Å². The van der Waals surface area contributed by atoms with Crippen molar-refractivity contribution >= 4 is 29.2 Å². The number of aryl methyl sites for hydroxylation is 1. The van der Waals surface area contributed by atoms with E-state index >= 15 is 0 Å². The van der Waals surface area contributed by atoms with E-state index in [1.165, 1.54) is 10.6 Å². The number of aromatic nitrogens is 3. The molecule has 0 saturated carbocycles. The average molecular weight is 342 g/mol. The molecule has 0 spiro atoms. The van der Waals surface area contributed by atoms with Gasteiger partial charge >= 0.3 is 11.9 Å². The first kappa shape index (κ1) is 17.2. The Morgan fingerprint density at radius 3 is 2.61 bits per heavy atom. The molecule has 0 fully saturated rings. The molecule has 0 aliphatic rings. The van der Waals surface area contributed by atoms with Gasteiger partial charge in [0.25, 0.3) is 0 Å². The number of rotatable bonds is 5. The highest BCUT2D eigenvalue weighted by Gasteiger charge is 2.27. The van der Waals surface area contributed by atoms with Gasteiger partial charge in [0.15, 0.2) is 17.4 Å². The van der Waals surface area contributed by atoms with Crippen molar-refractivity contribution in [1.82, 2.24) is 14.6 Å². The molecule has 1 atom stereocenters. The van der Waals surface area contributed by atoms with Gasteiger partial charge < -0.3 is 14.6 Å². The van der Waals surface area contributed by atoms with E-state index in [-0.39, 0.29) is 29.6 Å². The Balaban J connectivity index is 2.52. The molecule has 9 heteroatoms. The summed E-state index contributed by atoms with van der Waals surface area (Å²) in [5.74, 6) is -1.45. The molecule has 0 aromatic carbocycles. The van der Waals surface area contributed by atoms with Crippen LogP contribution in [0, 0.1) is 6.92 Å². The molecule has 0 bridgehead atoms. The van der Waals surface area contributed by atoms with E-state index in [0.717, 1.165) is 0 Å². The summed E-state index contributed by atoms with van der Waals surface area (Å²) in [6.45, 7) is 5.22. The number of aliphatic hydroxyl groups excluding tert-OH is 1. The fraction of sp³-hybridized carbons (Fsp3) is 0.429. The number of esters is 2. The molecule has 0 radical (unpaired) electrons. The minimum absolute atomic E-state index is 0.0244. The molecule has 2 aromatic heterocycles. The summed E-state index contributed by atoms with van der Waals surface area (Å²) in [5, 5.41) is 14.1. The molecule has 23 heavy (non-hydrogen) atoms. The van der Waals surface area contributed by atoms with Crippen LogP contribution in [0.25, 0.3) is 5.65 Å². The number of halogens is 1. The van der Waals surface area contributed by atoms with Crippen molar-refractivity contribution in [3.8, 4) is 0 Å². The number of ether oxygens (including phenoxy) is 2. The normalized spacial score (nSPS) is 12.2. The molecule has 1 N–H and O–H groups in total. The van der Waals surface area contributed by atoms with Gasteiger partial charge in [0, 0.05) is 11.8 Å². The molecule has 0 aliphatic carbocycles. The lowest BCUT2D eigenvalue weighted by Gasteiger charge is -2.14. The maximum absolute atomic E-state index is 11.7. The number of aliphatic hydroxyl groups is 1. The SMILES string of the molecule is CCOC(=O)c1cc2nc(C)c(C(O)C(=O)OCC)c(Cl)n2n1. The zero-order valence-corrected chi connectivity index (χ0v) is 13.6. The van der Waals surface area contributed by atoms with Gasteiger partial charge in [-0.1, -0.05) is 11.6 Å². The average Bonchev–Trinajstić information content (AvgIpc) is 2.91. The predicted octanol–water partition coefficient (Wildman–Crippen LogP) is 1.46. The van der Waals surface area contributed by atoms with Gasteiger partial charge in [0.1, 0.15) is 5.15 Å². The molecule has 2 rings (SSSR count). The highest BCUT2D eigenvalue weighted by atomic mass is 35.5. The van der Waals surface area contributed by atoms with Gasteiger partial charge in [-0.15, -0.1) is 0 Å². The maximum Gasteiger partial charge on any atom is 0.358 e. The van der Waals surface area contributed by atoms with Crippen molar-refractivity contribution in [2.45, 2.75) is 26.9 Å². The van der Waals surface area contributed by atoms with E-state index < -0.39 is 18.0 Å². The first-order valence-electron chi connectivity index (χ1n) is 6.98. The first-order valence-corrected chi connectivity index (χ1v) is 7.36. The third-order valence-electron chi connectivity index (χ3n) is 3.04. The number of fused-ring (bicyclic) bond motifs is 1. The molecule has 124 valence electrons. The molecule has 2 heterocycles. The summed E-state index contributed by atoms with van der Waals surface area (Å²) >= 11 is 6.22. The number of carbonyl (C=O) groups is 2. The number of hydrogen-bond donors (Lipinski definition) is 1. The van der Waals surface area contributed by atoms with Gasteiger partial charge in [-0.05, 0) is 20.8 Å². The lowest BCUT2D eigenvalue weighted by atomic mass is 10.1. The fourth-order valence-corrected chi connectivity index (χ4v) is 2.41. The molecule has 0 amide bonds. The van der Waals surface area contributed by atoms with Crippen molar-refractivity contribution in [1.29, 1.82) is 0 Å². The Hall–Kier alpha value is -2.19.